The quantitative estimate of drug-likeness (QED) is 0.654. The lowest BCUT2D eigenvalue weighted by molar-refractivity contribution is -0.148. The number of carbonyl (C=O) groups excluding carboxylic acids is 2. The summed E-state index contributed by atoms with van der Waals surface area (Å²) in [4.78, 5) is 42.8. The maximum absolute atomic E-state index is 13.7. The highest BCUT2D eigenvalue weighted by molar-refractivity contribution is 5.95. The third-order valence-corrected chi connectivity index (χ3v) is 7.64. The third-order valence-electron chi connectivity index (χ3n) is 7.64. The van der Waals surface area contributed by atoms with Crippen LogP contribution in [-0.4, -0.2) is 71.7 Å². The van der Waals surface area contributed by atoms with Crippen LogP contribution in [0.2, 0.25) is 0 Å². The summed E-state index contributed by atoms with van der Waals surface area (Å²) in [7, 11) is 4.77. The summed E-state index contributed by atoms with van der Waals surface area (Å²) in [5, 5.41) is 10.2. The Bertz CT molecular complexity index is 1190. The number of carbonyl (C=O) groups is 2. The minimum atomic E-state index is -0.515. The number of amides is 1. The minimum absolute atomic E-state index is 0.109. The summed E-state index contributed by atoms with van der Waals surface area (Å²) < 4.78 is 6.90. The Morgan fingerprint density at radius 2 is 1.94 bits per heavy atom. The second-order valence-corrected chi connectivity index (χ2v) is 9.92. The van der Waals surface area contributed by atoms with E-state index in [1.807, 2.05) is 12.1 Å². The van der Waals surface area contributed by atoms with Gasteiger partial charge in [0, 0.05) is 62.6 Å². The van der Waals surface area contributed by atoms with E-state index in [1.54, 1.807) is 42.9 Å². The van der Waals surface area contributed by atoms with Gasteiger partial charge in [-0.3, -0.25) is 19.3 Å². The number of nitrogens with zero attached hydrogens (tertiary/aromatic N) is 3. The summed E-state index contributed by atoms with van der Waals surface area (Å²) in [5.74, 6) is -0.665. The van der Waals surface area contributed by atoms with Crippen LogP contribution in [0.5, 0.6) is 0 Å². The molecule has 1 aliphatic carbocycles. The zero-order chi connectivity index (χ0) is 24.1. The SMILES string of the molecule is COC(=O)[C@H]1[C@H](CO)[C@H]2Cn3c(ccc(-c4cccc(C(=O)N(C)C)c4)c3=O)[C@@H]1N2CC1CC1. The van der Waals surface area contributed by atoms with Crippen molar-refractivity contribution in [2.45, 2.75) is 31.5 Å². The van der Waals surface area contributed by atoms with E-state index in [4.69, 9.17) is 4.74 Å². The van der Waals surface area contributed by atoms with Crippen molar-refractivity contribution < 1.29 is 19.4 Å². The number of fused-ring (bicyclic) bond motifs is 4. The molecule has 34 heavy (non-hydrogen) atoms. The largest absolute Gasteiger partial charge is 0.469 e. The second-order valence-electron chi connectivity index (χ2n) is 9.92. The number of aliphatic hydroxyl groups excluding tert-OH is 1. The fraction of sp³-hybridized carbons (Fsp3) is 0.500. The highest BCUT2D eigenvalue weighted by Crippen LogP contribution is 2.50. The highest BCUT2D eigenvalue weighted by atomic mass is 16.5. The number of benzene rings is 1. The number of aromatic nitrogens is 1. The van der Waals surface area contributed by atoms with Crippen molar-refractivity contribution in [2.75, 3.05) is 34.4 Å². The molecule has 0 unspecified atom stereocenters. The van der Waals surface area contributed by atoms with Crippen LogP contribution in [0, 0.1) is 17.8 Å². The van der Waals surface area contributed by atoms with Crippen LogP contribution in [0.4, 0.5) is 0 Å². The average molecular weight is 466 g/mol. The second kappa shape index (κ2) is 8.67. The number of rotatable bonds is 6. The molecule has 8 heteroatoms. The number of ether oxygens (including phenoxy) is 1. The zero-order valence-electron chi connectivity index (χ0n) is 19.8. The highest BCUT2D eigenvalue weighted by Gasteiger charge is 2.56. The van der Waals surface area contributed by atoms with Crippen molar-refractivity contribution in [3.63, 3.8) is 0 Å². The number of hydrogen-bond acceptors (Lipinski definition) is 6. The molecule has 2 fully saturated rings. The van der Waals surface area contributed by atoms with Gasteiger partial charge >= 0.3 is 5.97 Å². The average Bonchev–Trinajstić information content (AvgIpc) is 3.63. The Kier molecular flexibility index (Phi) is 5.81. The predicted octanol–water partition coefficient (Wildman–Crippen LogP) is 1.76. The van der Waals surface area contributed by atoms with Gasteiger partial charge in [-0.2, -0.15) is 0 Å². The Hall–Kier alpha value is -2.97. The summed E-state index contributed by atoms with van der Waals surface area (Å²) in [6.07, 6.45) is 2.35. The Balaban J connectivity index is 1.59. The zero-order valence-corrected chi connectivity index (χ0v) is 19.8. The van der Waals surface area contributed by atoms with Gasteiger partial charge in [-0.15, -0.1) is 0 Å². The fourth-order valence-corrected chi connectivity index (χ4v) is 5.77. The predicted molar refractivity (Wildman–Crippen MR) is 126 cm³/mol. The summed E-state index contributed by atoms with van der Waals surface area (Å²) in [6, 6.07) is 10.4. The first-order valence-corrected chi connectivity index (χ1v) is 11.9. The lowest BCUT2D eigenvalue weighted by Gasteiger charge is -2.38. The summed E-state index contributed by atoms with van der Waals surface area (Å²) in [6.45, 7) is 1.15. The molecule has 1 saturated carbocycles. The van der Waals surface area contributed by atoms with Crippen LogP contribution in [0.1, 0.15) is 34.9 Å². The van der Waals surface area contributed by atoms with Gasteiger partial charge in [-0.05, 0) is 48.6 Å². The van der Waals surface area contributed by atoms with E-state index < -0.39 is 5.92 Å². The maximum atomic E-state index is 13.7. The first-order valence-electron chi connectivity index (χ1n) is 11.9. The van der Waals surface area contributed by atoms with Gasteiger partial charge in [0.2, 0.25) is 0 Å². The smallest absolute Gasteiger partial charge is 0.311 e. The first-order chi connectivity index (χ1) is 16.3. The molecule has 3 heterocycles. The molecular weight excluding hydrogens is 434 g/mol. The normalized spacial score (nSPS) is 25.6. The van der Waals surface area contributed by atoms with Crippen LogP contribution >= 0.6 is 0 Å². The monoisotopic (exact) mass is 465 g/mol. The van der Waals surface area contributed by atoms with E-state index in [0.29, 0.717) is 29.2 Å². The molecule has 1 N–H and O–H groups in total. The number of methoxy groups -OCH3 is 1. The van der Waals surface area contributed by atoms with Crippen molar-refractivity contribution in [1.29, 1.82) is 0 Å². The summed E-state index contributed by atoms with van der Waals surface area (Å²) >= 11 is 0. The van der Waals surface area contributed by atoms with Gasteiger partial charge in [-0.25, -0.2) is 0 Å². The van der Waals surface area contributed by atoms with Crippen LogP contribution in [-0.2, 0) is 16.1 Å². The van der Waals surface area contributed by atoms with Crippen LogP contribution in [0.15, 0.2) is 41.2 Å². The van der Waals surface area contributed by atoms with Crippen LogP contribution in [0.25, 0.3) is 11.1 Å². The molecule has 0 radical (unpaired) electrons. The molecule has 2 aliphatic heterocycles. The number of esters is 1. The van der Waals surface area contributed by atoms with Crippen LogP contribution in [0.3, 0.4) is 0 Å². The topological polar surface area (TPSA) is 92.1 Å². The molecule has 1 aromatic carbocycles. The lowest BCUT2D eigenvalue weighted by atomic mass is 9.87. The summed E-state index contributed by atoms with van der Waals surface area (Å²) in [5.41, 5.74) is 2.37. The number of aliphatic hydroxyl groups is 1. The van der Waals surface area contributed by atoms with Gasteiger partial charge in [0.25, 0.3) is 11.5 Å². The Labute approximate surface area is 198 Å². The fourth-order valence-electron chi connectivity index (χ4n) is 5.77. The maximum Gasteiger partial charge on any atom is 0.311 e. The molecule has 4 atom stereocenters. The van der Waals surface area contributed by atoms with Crippen molar-refractivity contribution in [2.24, 2.45) is 17.8 Å². The molecule has 8 nitrogen and oxygen atoms in total. The van der Waals surface area contributed by atoms with E-state index in [-0.39, 0.29) is 42.0 Å². The van der Waals surface area contributed by atoms with Gasteiger partial charge in [0.15, 0.2) is 0 Å². The molecule has 1 saturated heterocycles. The Morgan fingerprint density at radius 3 is 2.59 bits per heavy atom. The molecule has 5 rings (SSSR count). The third kappa shape index (κ3) is 3.65. The molecule has 2 aromatic rings. The van der Waals surface area contributed by atoms with Gasteiger partial charge in [0.05, 0.1) is 19.1 Å². The van der Waals surface area contributed by atoms with Gasteiger partial charge < -0.3 is 19.3 Å². The molecule has 2 bridgehead atoms. The molecule has 180 valence electrons. The van der Waals surface area contributed by atoms with Crippen molar-refractivity contribution in [1.82, 2.24) is 14.4 Å². The van der Waals surface area contributed by atoms with Crippen LogP contribution < -0.4 is 5.56 Å². The first kappa shape index (κ1) is 22.8. The van der Waals surface area contributed by atoms with E-state index in [9.17, 15) is 19.5 Å². The minimum Gasteiger partial charge on any atom is -0.469 e. The molecule has 0 spiro atoms. The van der Waals surface area contributed by atoms with E-state index in [2.05, 4.69) is 4.90 Å². The molecule has 1 aromatic heterocycles. The number of hydrogen-bond donors (Lipinski definition) is 1. The van der Waals surface area contributed by atoms with Gasteiger partial charge in [0.1, 0.15) is 0 Å². The molecule has 1 amide bonds. The molecule has 3 aliphatic rings. The molecular formula is C26H31N3O5. The van der Waals surface area contributed by atoms with Crippen molar-refractivity contribution >= 4 is 11.9 Å². The lowest BCUT2D eigenvalue weighted by Crippen LogP contribution is -2.47. The van der Waals surface area contributed by atoms with E-state index in [1.165, 1.54) is 24.9 Å². The Morgan fingerprint density at radius 1 is 1.18 bits per heavy atom. The standard InChI is InChI=1S/C26H31N3O5/c1-27(2)24(31)17-6-4-5-16(11-17)18-9-10-20-23-22(26(33)34-3)19(14-30)21(13-29(20)25(18)32)28(23)12-15-7-8-15/h4-6,9-11,15,19,21-23,30H,7-8,12-14H2,1-3H3/t19-,21-,22+,23+/m1/s1. The van der Waals surface area contributed by atoms with Crippen molar-refractivity contribution in [3.05, 3.63) is 58.0 Å². The van der Waals surface area contributed by atoms with E-state index in [0.717, 1.165) is 12.2 Å². The van der Waals surface area contributed by atoms with Crippen molar-refractivity contribution in [3.8, 4) is 11.1 Å². The van der Waals surface area contributed by atoms with Gasteiger partial charge in [-0.1, -0.05) is 12.1 Å². The number of pyridine rings is 1. The van der Waals surface area contributed by atoms with E-state index >= 15 is 0 Å².